The van der Waals surface area contributed by atoms with E-state index < -0.39 is 0 Å². The van der Waals surface area contributed by atoms with Gasteiger partial charge in [-0.25, -0.2) is 0 Å². The lowest BCUT2D eigenvalue weighted by Crippen LogP contribution is -2.14. The van der Waals surface area contributed by atoms with Crippen LogP contribution >= 0.6 is 0 Å². The molecule has 0 spiro atoms. The number of aromatic nitrogens is 2. The summed E-state index contributed by atoms with van der Waals surface area (Å²) in [7, 11) is 0. The predicted octanol–water partition coefficient (Wildman–Crippen LogP) is 4.12. The molecule has 0 amide bonds. The summed E-state index contributed by atoms with van der Waals surface area (Å²) < 4.78 is 2.03. The highest BCUT2D eigenvalue weighted by molar-refractivity contribution is 5.11. The summed E-state index contributed by atoms with van der Waals surface area (Å²) in [4.78, 5) is 0. The molecule has 20 heavy (non-hydrogen) atoms. The molecule has 0 bridgehead atoms. The van der Waals surface area contributed by atoms with Crippen molar-refractivity contribution < 1.29 is 5.11 Å². The van der Waals surface area contributed by atoms with Gasteiger partial charge >= 0.3 is 0 Å². The van der Waals surface area contributed by atoms with E-state index in [1.165, 1.54) is 37.8 Å². The summed E-state index contributed by atoms with van der Waals surface area (Å²) in [5, 5.41) is 14.7. The molecule has 0 aliphatic heterocycles. The van der Waals surface area contributed by atoms with Crippen LogP contribution in [0.4, 0.5) is 0 Å². The van der Waals surface area contributed by atoms with Gasteiger partial charge in [-0.3, -0.25) is 4.68 Å². The molecule has 1 unspecified atom stereocenters. The Morgan fingerprint density at radius 1 is 1.10 bits per heavy atom. The average molecular weight is 280 g/mol. The first-order valence-corrected chi connectivity index (χ1v) is 8.44. The van der Waals surface area contributed by atoms with Gasteiger partial charge in [-0.1, -0.05) is 52.4 Å². The molecule has 3 heteroatoms. The Bertz CT molecular complexity index is 360. The number of rotatable bonds is 11. The molecule has 3 nitrogen and oxygen atoms in total. The molecular formula is C17H32N2O. The van der Waals surface area contributed by atoms with Crippen LogP contribution in [0, 0.1) is 0 Å². The number of aryl methyl sites for hydroxylation is 2. The Morgan fingerprint density at radius 3 is 2.45 bits per heavy atom. The molecule has 0 fully saturated rings. The van der Waals surface area contributed by atoms with Gasteiger partial charge in [-0.05, 0) is 25.8 Å². The van der Waals surface area contributed by atoms with Crippen LogP contribution in [0.1, 0.15) is 77.1 Å². The van der Waals surface area contributed by atoms with Crippen LogP contribution in [-0.4, -0.2) is 21.0 Å². The second-order valence-electron chi connectivity index (χ2n) is 5.71. The van der Waals surface area contributed by atoms with Gasteiger partial charge in [-0.2, -0.15) is 5.10 Å². The zero-order valence-corrected chi connectivity index (χ0v) is 13.6. The molecule has 0 radical (unpaired) electrons. The number of hydrogen-bond donors (Lipinski definition) is 1. The first kappa shape index (κ1) is 17.2. The zero-order valence-electron chi connectivity index (χ0n) is 13.6. The molecule has 0 aliphatic carbocycles. The topological polar surface area (TPSA) is 38.1 Å². The summed E-state index contributed by atoms with van der Waals surface area (Å²) in [6.45, 7) is 7.36. The summed E-state index contributed by atoms with van der Waals surface area (Å²) in [5.41, 5.74) is 2.32. The predicted molar refractivity (Wildman–Crippen MR) is 85.0 cm³/mol. The van der Waals surface area contributed by atoms with Gasteiger partial charge in [0, 0.05) is 18.7 Å². The number of hydrogen-bond acceptors (Lipinski definition) is 2. The average Bonchev–Trinajstić information content (AvgIpc) is 2.84. The number of aliphatic hydroxyl groups excluding tert-OH is 1. The standard InChI is InChI=1S/C17H32N2O/c1-4-7-8-9-10-11-12-17(20)14-16-13-15(5-2)18-19(16)6-3/h13,17,20H,4-12,14H2,1-3H3. The first-order chi connectivity index (χ1) is 9.71. The Kier molecular flexibility index (Phi) is 8.59. The number of nitrogens with zero attached hydrogens (tertiary/aromatic N) is 2. The summed E-state index contributed by atoms with van der Waals surface area (Å²) in [5.74, 6) is 0. The van der Waals surface area contributed by atoms with Gasteiger partial charge in [0.05, 0.1) is 11.8 Å². The summed E-state index contributed by atoms with van der Waals surface area (Å²) in [6.07, 6.45) is 10.1. The van der Waals surface area contributed by atoms with E-state index in [1.807, 2.05) is 4.68 Å². The third-order valence-electron chi connectivity index (χ3n) is 3.91. The van der Waals surface area contributed by atoms with E-state index in [2.05, 4.69) is 31.9 Å². The Morgan fingerprint density at radius 2 is 1.80 bits per heavy atom. The second-order valence-corrected chi connectivity index (χ2v) is 5.71. The molecule has 1 atom stereocenters. The van der Waals surface area contributed by atoms with Gasteiger partial charge in [0.25, 0.3) is 0 Å². The fraction of sp³-hybridized carbons (Fsp3) is 0.824. The number of aliphatic hydroxyl groups is 1. The van der Waals surface area contributed by atoms with Crippen molar-refractivity contribution in [3.8, 4) is 0 Å². The van der Waals surface area contributed by atoms with E-state index in [-0.39, 0.29) is 6.10 Å². The molecule has 1 rings (SSSR count). The second kappa shape index (κ2) is 9.98. The van der Waals surface area contributed by atoms with E-state index in [0.29, 0.717) is 0 Å². The van der Waals surface area contributed by atoms with Crippen LogP contribution in [0.3, 0.4) is 0 Å². The molecule has 1 N–H and O–H groups in total. The maximum atomic E-state index is 10.2. The molecule has 1 heterocycles. The molecule has 1 aromatic heterocycles. The lowest BCUT2D eigenvalue weighted by molar-refractivity contribution is 0.158. The fourth-order valence-electron chi connectivity index (χ4n) is 2.63. The van der Waals surface area contributed by atoms with Gasteiger partial charge in [0.15, 0.2) is 0 Å². The van der Waals surface area contributed by atoms with E-state index in [9.17, 15) is 5.11 Å². The molecule has 0 aliphatic rings. The normalized spacial score (nSPS) is 12.8. The van der Waals surface area contributed by atoms with Crippen LogP contribution in [0.5, 0.6) is 0 Å². The highest BCUT2D eigenvalue weighted by atomic mass is 16.3. The van der Waals surface area contributed by atoms with Gasteiger partial charge < -0.3 is 5.11 Å². The van der Waals surface area contributed by atoms with Gasteiger partial charge in [-0.15, -0.1) is 0 Å². The van der Waals surface area contributed by atoms with Crippen molar-refractivity contribution >= 4 is 0 Å². The molecular weight excluding hydrogens is 248 g/mol. The van der Waals surface area contributed by atoms with E-state index >= 15 is 0 Å². The van der Waals surface area contributed by atoms with Crippen LogP contribution in [0.15, 0.2) is 6.07 Å². The third kappa shape index (κ3) is 6.08. The van der Waals surface area contributed by atoms with Crippen LogP contribution in [-0.2, 0) is 19.4 Å². The highest BCUT2D eigenvalue weighted by Gasteiger charge is 2.11. The molecule has 0 saturated heterocycles. The van der Waals surface area contributed by atoms with Crippen molar-refractivity contribution in [3.63, 3.8) is 0 Å². The maximum absolute atomic E-state index is 10.2. The largest absolute Gasteiger partial charge is 0.393 e. The van der Waals surface area contributed by atoms with Crippen LogP contribution in [0.2, 0.25) is 0 Å². The van der Waals surface area contributed by atoms with Gasteiger partial charge in [0.2, 0.25) is 0 Å². The van der Waals surface area contributed by atoms with Crippen LogP contribution < -0.4 is 0 Å². The van der Waals surface area contributed by atoms with Crippen molar-refractivity contribution in [2.45, 2.75) is 91.2 Å². The van der Waals surface area contributed by atoms with Crippen molar-refractivity contribution in [2.75, 3.05) is 0 Å². The Labute approximate surface area is 124 Å². The molecule has 116 valence electrons. The Hall–Kier alpha value is -0.830. The lowest BCUT2D eigenvalue weighted by atomic mass is 10.0. The van der Waals surface area contributed by atoms with Crippen molar-refractivity contribution in [1.82, 2.24) is 9.78 Å². The highest BCUT2D eigenvalue weighted by Crippen LogP contribution is 2.13. The minimum Gasteiger partial charge on any atom is -0.393 e. The van der Waals surface area contributed by atoms with E-state index in [0.717, 1.165) is 37.9 Å². The summed E-state index contributed by atoms with van der Waals surface area (Å²) >= 11 is 0. The van der Waals surface area contributed by atoms with E-state index in [4.69, 9.17) is 0 Å². The smallest absolute Gasteiger partial charge is 0.0624 e. The molecule has 0 aromatic carbocycles. The number of unbranched alkanes of at least 4 members (excludes halogenated alkanes) is 5. The minimum atomic E-state index is -0.215. The lowest BCUT2D eigenvalue weighted by Gasteiger charge is -2.11. The summed E-state index contributed by atoms with van der Waals surface area (Å²) in [6, 6.07) is 2.15. The van der Waals surface area contributed by atoms with Crippen molar-refractivity contribution in [2.24, 2.45) is 0 Å². The maximum Gasteiger partial charge on any atom is 0.0624 e. The minimum absolute atomic E-state index is 0.215. The van der Waals surface area contributed by atoms with Crippen LogP contribution in [0.25, 0.3) is 0 Å². The van der Waals surface area contributed by atoms with Gasteiger partial charge in [0.1, 0.15) is 0 Å². The monoisotopic (exact) mass is 280 g/mol. The fourth-order valence-corrected chi connectivity index (χ4v) is 2.63. The molecule has 0 saturated carbocycles. The first-order valence-electron chi connectivity index (χ1n) is 8.44. The van der Waals surface area contributed by atoms with E-state index in [1.54, 1.807) is 0 Å². The zero-order chi connectivity index (χ0) is 14.8. The quantitative estimate of drug-likeness (QED) is 0.619. The third-order valence-corrected chi connectivity index (χ3v) is 3.91. The van der Waals surface area contributed by atoms with Crippen molar-refractivity contribution in [3.05, 3.63) is 17.5 Å². The Balaban J connectivity index is 2.27. The SMILES string of the molecule is CCCCCCCCC(O)Cc1cc(CC)nn1CC. The van der Waals surface area contributed by atoms with Crippen molar-refractivity contribution in [1.29, 1.82) is 0 Å². The molecule has 1 aromatic rings.